The largest absolute Gasteiger partial charge is 0.274 e. The van der Waals surface area contributed by atoms with Crippen molar-refractivity contribution in [3.8, 4) is 0 Å². The number of hydrogen-bond donors (Lipinski definition) is 0. The average Bonchev–Trinajstić information content (AvgIpc) is 3.81. The monoisotopic (exact) mass is 594 g/mol. The molecule has 0 saturated carbocycles. The van der Waals surface area contributed by atoms with Crippen LogP contribution in [-0.2, 0) is 19.2 Å². The molecule has 0 aliphatic carbocycles. The quantitative estimate of drug-likeness (QED) is 0.314. The van der Waals surface area contributed by atoms with Crippen molar-refractivity contribution in [3.63, 3.8) is 0 Å². The molecule has 4 aromatic rings. The van der Waals surface area contributed by atoms with Gasteiger partial charge in [-0.1, -0.05) is 47.5 Å². The summed E-state index contributed by atoms with van der Waals surface area (Å²) >= 11 is 2.99. The van der Waals surface area contributed by atoms with Crippen LogP contribution in [0, 0.1) is 25.7 Å². The highest BCUT2D eigenvalue weighted by molar-refractivity contribution is 7.10. The lowest BCUT2D eigenvalue weighted by Crippen LogP contribution is -2.50. The molecule has 4 saturated heterocycles. The number of aryl methyl sites for hydroxylation is 2. The molecule has 4 aliphatic heterocycles. The lowest BCUT2D eigenvalue weighted by Gasteiger charge is -2.35. The molecule has 6 atom stereocenters. The van der Waals surface area contributed by atoms with Gasteiger partial charge in [0.15, 0.2) is 0 Å². The topological polar surface area (TPSA) is 81.2 Å². The van der Waals surface area contributed by atoms with E-state index in [-0.39, 0.29) is 23.6 Å². The molecule has 8 rings (SSSR count). The van der Waals surface area contributed by atoms with Gasteiger partial charge < -0.3 is 0 Å². The summed E-state index contributed by atoms with van der Waals surface area (Å²) in [6, 6.07) is 19.7. The Balaban J connectivity index is 1.30. The van der Waals surface area contributed by atoms with Crippen LogP contribution in [0.2, 0.25) is 0 Å². The lowest BCUT2D eigenvalue weighted by atomic mass is 9.88. The molecule has 6 heterocycles. The van der Waals surface area contributed by atoms with Gasteiger partial charge in [0.2, 0.25) is 11.8 Å². The van der Waals surface area contributed by atoms with Crippen molar-refractivity contribution in [3.05, 3.63) is 104 Å². The molecule has 2 aromatic carbocycles. The maximum Gasteiger partial charge on any atom is 0.253 e. The molecular weight excluding hydrogens is 569 g/mol. The molecule has 4 amide bonds. The van der Waals surface area contributed by atoms with Crippen LogP contribution in [-0.4, -0.2) is 45.7 Å². The van der Waals surface area contributed by atoms with Gasteiger partial charge in [-0.25, -0.2) is 19.8 Å². The molecule has 10 heteroatoms. The number of thiophene rings is 2. The zero-order chi connectivity index (χ0) is 28.9. The Morgan fingerprint density at radius 2 is 0.881 bits per heavy atom. The van der Waals surface area contributed by atoms with Crippen molar-refractivity contribution in [2.75, 3.05) is 9.80 Å². The third kappa shape index (κ3) is 3.40. The van der Waals surface area contributed by atoms with Gasteiger partial charge in [-0.2, -0.15) is 0 Å². The Kier molecular flexibility index (Phi) is 5.68. The number of fused-ring (bicyclic) bond motifs is 5. The van der Waals surface area contributed by atoms with Gasteiger partial charge in [0.05, 0.1) is 35.3 Å². The number of rotatable bonds is 4. The zero-order valence-corrected chi connectivity index (χ0v) is 24.4. The third-order valence-electron chi connectivity index (χ3n) is 8.98. The Bertz CT molecular complexity index is 1610. The predicted molar refractivity (Wildman–Crippen MR) is 160 cm³/mol. The normalized spacial score (nSPS) is 29.1. The molecular formula is C32H26N4O4S2. The van der Waals surface area contributed by atoms with Crippen LogP contribution in [0.25, 0.3) is 0 Å². The van der Waals surface area contributed by atoms with E-state index in [1.54, 1.807) is 24.3 Å². The number of carbonyl (C=O) groups excluding carboxylic acids is 4. The maximum absolute atomic E-state index is 14.3. The van der Waals surface area contributed by atoms with Crippen molar-refractivity contribution in [1.82, 2.24) is 10.0 Å². The van der Waals surface area contributed by atoms with Crippen LogP contribution < -0.4 is 9.80 Å². The molecule has 0 bridgehead atoms. The van der Waals surface area contributed by atoms with Gasteiger partial charge in [0, 0.05) is 9.75 Å². The minimum Gasteiger partial charge on any atom is -0.274 e. The minimum atomic E-state index is -0.836. The van der Waals surface area contributed by atoms with Gasteiger partial charge in [0.25, 0.3) is 11.8 Å². The fourth-order valence-electron chi connectivity index (χ4n) is 7.21. The van der Waals surface area contributed by atoms with E-state index < -0.39 is 36.0 Å². The molecule has 42 heavy (non-hydrogen) atoms. The van der Waals surface area contributed by atoms with Gasteiger partial charge in [-0.3, -0.25) is 19.2 Å². The highest BCUT2D eigenvalue weighted by Gasteiger charge is 2.74. The predicted octanol–water partition coefficient (Wildman–Crippen LogP) is 4.87. The Labute approximate surface area is 250 Å². The maximum atomic E-state index is 14.3. The molecule has 0 spiro atoms. The number of hydrazine groups is 1. The first-order chi connectivity index (χ1) is 20.4. The summed E-state index contributed by atoms with van der Waals surface area (Å²) < 4.78 is 0. The van der Waals surface area contributed by atoms with E-state index in [1.165, 1.54) is 32.5 Å². The number of nitrogens with zero attached hydrogens (tertiary/aromatic N) is 4. The van der Waals surface area contributed by atoms with E-state index in [4.69, 9.17) is 0 Å². The fourth-order valence-corrected chi connectivity index (χ4v) is 8.94. The Hall–Kier alpha value is -3.96. The summed E-state index contributed by atoms with van der Waals surface area (Å²) in [5, 5.41) is 7.73. The standard InChI is InChI=1S/C32H26N4O4S2/c1-17-7-11-19(12-8-17)33-29(37)23-25(21-5-3-15-41-21)36-28-24(26(22-6-4-16-42-22)35(36)27(23)31(33)39)30(38)34(32(28)40)20-13-9-18(2)10-14-20/h3-16,23-28H,1-2H3/t23-,24-,25-,26+,27+,28+/m0/s1. The fraction of sp³-hybridized carbons (Fsp3) is 0.250. The molecule has 8 nitrogen and oxygen atoms in total. The number of anilines is 2. The van der Waals surface area contributed by atoms with E-state index in [1.807, 2.05) is 83.2 Å². The number of benzene rings is 2. The summed E-state index contributed by atoms with van der Waals surface area (Å²) in [5.41, 5.74) is 3.12. The molecule has 210 valence electrons. The Morgan fingerprint density at radius 3 is 1.21 bits per heavy atom. The van der Waals surface area contributed by atoms with Crippen LogP contribution in [0.5, 0.6) is 0 Å². The summed E-state index contributed by atoms with van der Waals surface area (Å²) in [6.07, 6.45) is 0. The molecule has 4 aliphatic rings. The van der Waals surface area contributed by atoms with Crippen LogP contribution in [0.15, 0.2) is 83.6 Å². The van der Waals surface area contributed by atoms with Crippen LogP contribution in [0.4, 0.5) is 11.4 Å². The Morgan fingerprint density at radius 1 is 0.500 bits per heavy atom. The van der Waals surface area contributed by atoms with Gasteiger partial charge in [-0.05, 0) is 61.0 Å². The lowest BCUT2D eigenvalue weighted by molar-refractivity contribution is -0.135. The van der Waals surface area contributed by atoms with Gasteiger partial charge >= 0.3 is 0 Å². The first-order valence-corrected chi connectivity index (χ1v) is 15.6. The van der Waals surface area contributed by atoms with Crippen molar-refractivity contribution >= 4 is 57.7 Å². The molecule has 0 unspecified atom stereocenters. The van der Waals surface area contributed by atoms with Crippen molar-refractivity contribution in [1.29, 1.82) is 0 Å². The number of amides is 4. The van der Waals surface area contributed by atoms with Crippen LogP contribution >= 0.6 is 22.7 Å². The van der Waals surface area contributed by atoms with E-state index >= 15 is 0 Å². The number of carbonyl (C=O) groups is 4. The van der Waals surface area contributed by atoms with Crippen LogP contribution in [0.3, 0.4) is 0 Å². The summed E-state index contributed by atoms with van der Waals surface area (Å²) in [7, 11) is 0. The summed E-state index contributed by atoms with van der Waals surface area (Å²) in [5.74, 6) is -2.66. The molecule has 2 aromatic heterocycles. The highest BCUT2D eigenvalue weighted by Crippen LogP contribution is 2.60. The smallest absolute Gasteiger partial charge is 0.253 e. The zero-order valence-electron chi connectivity index (χ0n) is 22.8. The van der Waals surface area contributed by atoms with E-state index in [0.29, 0.717) is 11.4 Å². The van der Waals surface area contributed by atoms with Crippen molar-refractivity contribution in [2.24, 2.45) is 11.8 Å². The van der Waals surface area contributed by atoms with E-state index in [0.717, 1.165) is 20.9 Å². The first kappa shape index (κ1) is 25.7. The minimum absolute atomic E-state index is 0.282. The second kappa shape index (κ2) is 9.27. The van der Waals surface area contributed by atoms with Crippen LogP contribution in [0.1, 0.15) is 33.0 Å². The van der Waals surface area contributed by atoms with E-state index in [2.05, 4.69) is 0 Å². The first-order valence-electron chi connectivity index (χ1n) is 13.9. The number of hydrogen-bond acceptors (Lipinski definition) is 8. The second-order valence-electron chi connectivity index (χ2n) is 11.3. The van der Waals surface area contributed by atoms with Crippen molar-refractivity contribution < 1.29 is 19.2 Å². The average molecular weight is 595 g/mol. The highest BCUT2D eigenvalue weighted by atomic mass is 32.1. The molecule has 0 radical (unpaired) electrons. The van der Waals surface area contributed by atoms with Gasteiger partial charge in [-0.15, -0.1) is 22.7 Å². The van der Waals surface area contributed by atoms with Gasteiger partial charge in [0.1, 0.15) is 12.1 Å². The van der Waals surface area contributed by atoms with Crippen molar-refractivity contribution in [2.45, 2.75) is 38.0 Å². The summed E-state index contributed by atoms with van der Waals surface area (Å²) in [4.78, 5) is 61.5. The third-order valence-corrected chi connectivity index (χ3v) is 10.9. The SMILES string of the molecule is Cc1ccc(N2C(=O)[C@@H]3[C@H](C2=O)N2[C@H](c4cccs4)[C@@H]4C(=O)N(c5ccc(C)cc5)C(=O)[C@@H]4N2[C@H]3c2cccs2)cc1. The molecule has 4 fully saturated rings. The van der Waals surface area contributed by atoms with E-state index in [9.17, 15) is 19.2 Å². The number of imide groups is 2. The summed E-state index contributed by atoms with van der Waals surface area (Å²) in [6.45, 7) is 3.92. The second-order valence-corrected chi connectivity index (χ2v) is 13.3. The molecule has 0 N–H and O–H groups in total.